The Morgan fingerprint density at radius 2 is 1.91 bits per heavy atom. The van der Waals surface area contributed by atoms with Crippen LogP contribution in [0.4, 0.5) is 10.5 Å². The van der Waals surface area contributed by atoms with Crippen molar-refractivity contribution in [1.29, 1.82) is 0 Å². The van der Waals surface area contributed by atoms with Gasteiger partial charge in [0.1, 0.15) is 12.5 Å². The topological polar surface area (TPSA) is 66.8 Å². The third kappa shape index (κ3) is 2.90. The molecular formula is C18H17NO4. The van der Waals surface area contributed by atoms with Crippen molar-refractivity contribution in [1.82, 2.24) is 0 Å². The fourth-order valence-corrected chi connectivity index (χ4v) is 2.88. The molecule has 1 heterocycles. The van der Waals surface area contributed by atoms with Crippen LogP contribution in [0.2, 0.25) is 0 Å². The molecule has 0 radical (unpaired) electrons. The minimum absolute atomic E-state index is 0.100. The van der Waals surface area contributed by atoms with Crippen LogP contribution >= 0.6 is 0 Å². The molecule has 2 aromatic rings. The third-order valence-electron chi connectivity index (χ3n) is 4.00. The summed E-state index contributed by atoms with van der Waals surface area (Å²) in [5.41, 5.74) is 3.06. The largest absolute Gasteiger partial charge is 0.481 e. The van der Waals surface area contributed by atoms with Crippen molar-refractivity contribution in [2.45, 2.75) is 19.4 Å². The van der Waals surface area contributed by atoms with Gasteiger partial charge < -0.3 is 9.84 Å². The summed E-state index contributed by atoms with van der Waals surface area (Å²) >= 11 is 0. The minimum Gasteiger partial charge on any atom is -0.481 e. The number of fused-ring (bicyclic) bond motifs is 1. The van der Waals surface area contributed by atoms with Gasteiger partial charge in [-0.15, -0.1) is 0 Å². The quantitative estimate of drug-likeness (QED) is 0.944. The summed E-state index contributed by atoms with van der Waals surface area (Å²) < 4.78 is 5.35. The highest BCUT2D eigenvalue weighted by molar-refractivity contribution is 5.96. The molecule has 1 unspecified atom stereocenters. The molecule has 0 aliphatic carbocycles. The molecule has 5 nitrogen and oxygen atoms in total. The molecule has 118 valence electrons. The summed E-state index contributed by atoms with van der Waals surface area (Å²) in [6.45, 7) is 2.12. The number of carboxylic acids is 1. The number of carboxylic acid groups (broad SMARTS) is 1. The zero-order valence-corrected chi connectivity index (χ0v) is 12.7. The van der Waals surface area contributed by atoms with E-state index in [2.05, 4.69) is 0 Å². The number of rotatable bonds is 3. The number of anilines is 1. The molecule has 0 aromatic heterocycles. The molecule has 1 aliphatic heterocycles. The predicted octanol–water partition coefficient (Wildman–Crippen LogP) is 3.32. The Morgan fingerprint density at radius 1 is 1.17 bits per heavy atom. The van der Waals surface area contributed by atoms with Gasteiger partial charge in [-0.1, -0.05) is 48.5 Å². The highest BCUT2D eigenvalue weighted by Crippen LogP contribution is 2.39. The lowest BCUT2D eigenvalue weighted by Crippen LogP contribution is -2.32. The monoisotopic (exact) mass is 311 g/mol. The number of hydrogen-bond donors (Lipinski definition) is 1. The van der Waals surface area contributed by atoms with E-state index >= 15 is 0 Å². The van der Waals surface area contributed by atoms with Gasteiger partial charge in [0, 0.05) is 6.54 Å². The maximum atomic E-state index is 12.4. The number of aliphatic carboxylic acids is 1. The molecule has 0 bridgehead atoms. The van der Waals surface area contributed by atoms with Crippen molar-refractivity contribution < 1.29 is 19.4 Å². The Kier molecular flexibility index (Phi) is 4.02. The van der Waals surface area contributed by atoms with Crippen molar-refractivity contribution in [3.8, 4) is 0 Å². The number of benzene rings is 2. The number of carbonyl (C=O) groups excluding carboxylic acids is 1. The van der Waals surface area contributed by atoms with Gasteiger partial charge in [0.25, 0.3) is 0 Å². The first-order chi connectivity index (χ1) is 11.1. The molecule has 0 spiro atoms. The summed E-state index contributed by atoms with van der Waals surface area (Å²) in [6.07, 6.45) is -0.520. The van der Waals surface area contributed by atoms with Gasteiger partial charge in [0.2, 0.25) is 0 Å². The number of aryl methyl sites for hydroxylation is 1. The summed E-state index contributed by atoms with van der Waals surface area (Å²) in [6, 6.07) is 14.8. The molecule has 5 heteroatoms. The molecule has 0 saturated heterocycles. The van der Waals surface area contributed by atoms with Crippen LogP contribution in [-0.2, 0) is 16.1 Å². The number of ether oxygens (including phenoxy) is 1. The zero-order valence-electron chi connectivity index (χ0n) is 12.7. The predicted molar refractivity (Wildman–Crippen MR) is 85.5 cm³/mol. The molecule has 1 atom stereocenters. The van der Waals surface area contributed by atoms with Crippen molar-refractivity contribution in [2.75, 3.05) is 11.4 Å². The molecule has 3 rings (SSSR count). The van der Waals surface area contributed by atoms with Crippen LogP contribution in [0.3, 0.4) is 0 Å². The first-order valence-electron chi connectivity index (χ1n) is 7.38. The van der Waals surface area contributed by atoms with Crippen molar-refractivity contribution in [2.24, 2.45) is 0 Å². The van der Waals surface area contributed by atoms with E-state index < -0.39 is 18.0 Å². The van der Waals surface area contributed by atoms with Crippen LogP contribution in [0.15, 0.2) is 48.5 Å². The number of hydrogen-bond acceptors (Lipinski definition) is 3. The maximum absolute atomic E-state index is 12.4. The lowest BCUT2D eigenvalue weighted by molar-refractivity contribution is -0.138. The summed E-state index contributed by atoms with van der Waals surface area (Å²) in [5, 5.41) is 9.38. The van der Waals surface area contributed by atoms with E-state index in [-0.39, 0.29) is 13.2 Å². The summed E-state index contributed by atoms with van der Waals surface area (Å²) in [7, 11) is 0. The number of amides is 1. The Balaban J connectivity index is 1.81. The molecule has 1 N–H and O–H groups in total. The SMILES string of the molecule is Cc1cccc2c1N(C(=O)OCc1ccccc1)CC2C(=O)O. The summed E-state index contributed by atoms with van der Waals surface area (Å²) in [4.78, 5) is 25.3. The lowest BCUT2D eigenvalue weighted by Gasteiger charge is -2.18. The number of carbonyl (C=O) groups is 2. The average molecular weight is 311 g/mol. The van der Waals surface area contributed by atoms with Gasteiger partial charge in [0.05, 0.1) is 5.69 Å². The average Bonchev–Trinajstić information content (AvgIpc) is 2.95. The normalized spacial score (nSPS) is 16.0. The smallest absolute Gasteiger partial charge is 0.414 e. The first-order valence-corrected chi connectivity index (χ1v) is 7.38. The maximum Gasteiger partial charge on any atom is 0.414 e. The van der Waals surface area contributed by atoms with Crippen LogP contribution in [0.1, 0.15) is 22.6 Å². The van der Waals surface area contributed by atoms with E-state index in [4.69, 9.17) is 4.74 Å². The number of para-hydroxylation sites is 1. The van der Waals surface area contributed by atoms with Crippen molar-refractivity contribution in [3.05, 3.63) is 65.2 Å². The first kappa shape index (κ1) is 15.1. The van der Waals surface area contributed by atoms with Gasteiger partial charge in [-0.25, -0.2) is 4.79 Å². The van der Waals surface area contributed by atoms with Gasteiger partial charge in [-0.2, -0.15) is 0 Å². The molecule has 0 fully saturated rings. The second kappa shape index (κ2) is 6.12. The fourth-order valence-electron chi connectivity index (χ4n) is 2.88. The molecule has 23 heavy (non-hydrogen) atoms. The van der Waals surface area contributed by atoms with Crippen LogP contribution in [0.25, 0.3) is 0 Å². The standard InChI is InChI=1S/C18H17NO4/c1-12-6-5-9-14-15(17(20)21)10-19(16(12)14)18(22)23-11-13-7-3-2-4-8-13/h2-9,15H,10-11H2,1H3,(H,20,21). The highest BCUT2D eigenvalue weighted by Gasteiger charge is 2.38. The minimum atomic E-state index is -0.935. The van der Waals surface area contributed by atoms with E-state index in [1.807, 2.05) is 49.4 Å². The van der Waals surface area contributed by atoms with Crippen molar-refractivity contribution in [3.63, 3.8) is 0 Å². The molecule has 0 saturated carbocycles. The molecule has 2 aromatic carbocycles. The van der Waals surface area contributed by atoms with Crippen LogP contribution < -0.4 is 4.90 Å². The van der Waals surface area contributed by atoms with Gasteiger partial charge >= 0.3 is 12.1 Å². The highest BCUT2D eigenvalue weighted by atomic mass is 16.6. The van der Waals surface area contributed by atoms with Gasteiger partial charge in [0.15, 0.2) is 0 Å². The third-order valence-corrected chi connectivity index (χ3v) is 4.00. The molecule has 1 aliphatic rings. The Bertz CT molecular complexity index is 742. The second-order valence-electron chi connectivity index (χ2n) is 5.55. The van der Waals surface area contributed by atoms with E-state index in [1.165, 1.54) is 4.90 Å². The van der Waals surface area contributed by atoms with E-state index in [0.717, 1.165) is 11.1 Å². The van der Waals surface area contributed by atoms with Gasteiger partial charge in [-0.05, 0) is 23.6 Å². The van der Waals surface area contributed by atoms with Crippen LogP contribution in [-0.4, -0.2) is 23.7 Å². The Hall–Kier alpha value is -2.82. The van der Waals surface area contributed by atoms with Crippen LogP contribution in [0.5, 0.6) is 0 Å². The van der Waals surface area contributed by atoms with E-state index in [1.54, 1.807) is 6.07 Å². The molecule has 1 amide bonds. The van der Waals surface area contributed by atoms with Gasteiger partial charge in [-0.3, -0.25) is 9.69 Å². The second-order valence-corrected chi connectivity index (χ2v) is 5.55. The lowest BCUT2D eigenvalue weighted by atomic mass is 10.00. The zero-order chi connectivity index (χ0) is 16.4. The van der Waals surface area contributed by atoms with E-state index in [0.29, 0.717) is 11.3 Å². The molecular weight excluding hydrogens is 294 g/mol. The fraction of sp³-hybridized carbons (Fsp3) is 0.222. The van der Waals surface area contributed by atoms with E-state index in [9.17, 15) is 14.7 Å². The van der Waals surface area contributed by atoms with Crippen LogP contribution in [0, 0.1) is 6.92 Å². The Morgan fingerprint density at radius 3 is 2.61 bits per heavy atom. The summed E-state index contributed by atoms with van der Waals surface area (Å²) in [5.74, 6) is -1.65. The van der Waals surface area contributed by atoms with Crippen molar-refractivity contribution >= 4 is 17.7 Å². The number of nitrogens with zero attached hydrogens (tertiary/aromatic N) is 1. The Labute approximate surface area is 134 Å².